The van der Waals surface area contributed by atoms with E-state index in [-0.39, 0.29) is 17.8 Å². The molecule has 2 heterocycles. The molecule has 4 atom stereocenters. The molecule has 0 unspecified atom stereocenters. The van der Waals surface area contributed by atoms with Crippen LogP contribution in [0.1, 0.15) is 52.3 Å². The van der Waals surface area contributed by atoms with Gasteiger partial charge in [-0.15, -0.1) is 0 Å². The summed E-state index contributed by atoms with van der Waals surface area (Å²) in [6, 6.07) is -0.327. The summed E-state index contributed by atoms with van der Waals surface area (Å²) in [7, 11) is 3.27. The van der Waals surface area contributed by atoms with Crippen LogP contribution in [0.4, 0.5) is 10.5 Å². The third kappa shape index (κ3) is 5.61. The van der Waals surface area contributed by atoms with Gasteiger partial charge in [0.05, 0.1) is 29.7 Å². The molecule has 1 fully saturated rings. The number of nitrogens with zero attached hydrogens (tertiary/aromatic N) is 3. The number of amides is 1. The molecule has 1 aromatic rings. The molecule has 28 heavy (non-hydrogen) atoms. The van der Waals surface area contributed by atoms with E-state index in [9.17, 15) is 13.1 Å². The summed E-state index contributed by atoms with van der Waals surface area (Å²) in [5.74, 6) is 0. The van der Waals surface area contributed by atoms with Crippen molar-refractivity contribution in [3.8, 4) is 0 Å². The Labute approximate surface area is 175 Å². The lowest BCUT2D eigenvalue weighted by Gasteiger charge is -2.30. The van der Waals surface area contributed by atoms with Gasteiger partial charge in [0.15, 0.2) is 0 Å². The largest absolute Gasteiger partial charge is 0.747 e. The fourth-order valence-corrected chi connectivity index (χ4v) is 3.96. The number of carbonyl (C=O) groups excluding carboxylic acids is 1. The fourth-order valence-electron chi connectivity index (χ4n) is 3.38. The lowest BCUT2D eigenvalue weighted by Crippen LogP contribution is -2.49. The Morgan fingerprint density at radius 2 is 2.14 bits per heavy atom. The number of carbonyl (C=O) groups is 1. The number of hydrogen-bond donors (Lipinski definition) is 1. The van der Waals surface area contributed by atoms with Gasteiger partial charge in [-0.2, -0.15) is 5.10 Å². The van der Waals surface area contributed by atoms with Crippen molar-refractivity contribution in [2.24, 2.45) is 7.05 Å². The quantitative estimate of drug-likeness (QED) is 0.364. The average Bonchev–Trinajstić information content (AvgIpc) is 2.90. The van der Waals surface area contributed by atoms with E-state index >= 15 is 0 Å². The first kappa shape index (κ1) is 23.0. The van der Waals surface area contributed by atoms with Crippen molar-refractivity contribution >= 4 is 33.2 Å². The molecule has 0 bridgehead atoms. The van der Waals surface area contributed by atoms with Crippen LogP contribution in [0.15, 0.2) is 6.20 Å². The zero-order valence-corrected chi connectivity index (χ0v) is 19.1. The highest BCUT2D eigenvalue weighted by molar-refractivity contribution is 14.1. The highest BCUT2D eigenvalue weighted by atomic mass is 127. The van der Waals surface area contributed by atoms with Crippen molar-refractivity contribution in [2.75, 3.05) is 10.4 Å². The first-order valence-corrected chi connectivity index (χ1v) is 10.9. The molecule has 1 saturated heterocycles. The third-order valence-electron chi connectivity index (χ3n) is 4.47. The molecular weight excluding hydrogens is 483 g/mol. The first-order valence-electron chi connectivity index (χ1n) is 9.01. The van der Waals surface area contributed by atoms with E-state index in [1.807, 2.05) is 6.92 Å². The summed E-state index contributed by atoms with van der Waals surface area (Å²) in [5.41, 5.74) is 0.199. The van der Waals surface area contributed by atoms with Crippen molar-refractivity contribution in [2.45, 2.75) is 70.5 Å². The van der Waals surface area contributed by atoms with Crippen LogP contribution < -0.4 is 8.59 Å². The van der Waals surface area contributed by atoms with E-state index < -0.39 is 45.4 Å². The van der Waals surface area contributed by atoms with Gasteiger partial charge in [0.2, 0.25) is 0 Å². The van der Waals surface area contributed by atoms with Gasteiger partial charge < -0.3 is 28.0 Å². The number of halogens is 1. The number of aromatic nitrogens is 2. The summed E-state index contributed by atoms with van der Waals surface area (Å²) in [6.07, 6.45) is 0.709. The number of alkyl carbamates (subject to hydrolysis) is 1. The molecule has 160 valence electrons. The maximum absolute atomic E-state index is 12.2. The molecule has 0 aliphatic carbocycles. The van der Waals surface area contributed by atoms with Gasteiger partial charge in [-0.1, -0.05) is 0 Å². The maximum atomic E-state index is 12.2. The second-order valence-corrected chi connectivity index (χ2v) is 8.98. The van der Waals surface area contributed by atoms with E-state index in [0.29, 0.717) is 21.8 Å². The molecule has 1 aromatic heterocycles. The van der Waals surface area contributed by atoms with Crippen molar-refractivity contribution in [1.29, 1.82) is 0 Å². The topological polar surface area (TPSA) is 118 Å². The van der Waals surface area contributed by atoms with Crippen LogP contribution in [-0.2, 0) is 24.3 Å². The molecule has 0 radical (unpaired) electrons. The number of methoxy groups -OCH3 is 1. The van der Waals surface area contributed by atoms with Crippen LogP contribution in [0.3, 0.4) is 0 Å². The minimum absolute atomic E-state index is 0.245. The first-order chi connectivity index (χ1) is 13.1. The second-order valence-electron chi connectivity index (χ2n) is 7.71. The smallest absolute Gasteiger partial charge is 0.407 e. The monoisotopic (exact) mass is 511 g/mol. The van der Waals surface area contributed by atoms with Gasteiger partial charge in [-0.05, 0) is 40.5 Å². The number of hydrogen-bond acceptors (Lipinski definition) is 7. The molecule has 0 spiro atoms. The summed E-state index contributed by atoms with van der Waals surface area (Å²) in [4.78, 5) is 12.2. The molecule has 1 amide bonds. The Morgan fingerprint density at radius 3 is 2.71 bits per heavy atom. The van der Waals surface area contributed by atoms with Crippen LogP contribution in [-0.4, -0.2) is 46.8 Å². The van der Waals surface area contributed by atoms with E-state index in [4.69, 9.17) is 14.2 Å². The molecule has 1 aliphatic rings. The normalized spacial score (nSPS) is 25.8. The summed E-state index contributed by atoms with van der Waals surface area (Å²) >= 11 is -1.90. The number of aryl methyl sites for hydroxylation is 1. The van der Waals surface area contributed by atoms with Crippen molar-refractivity contribution in [3.63, 3.8) is 0 Å². The SMILES string of the molecule is CO[C@@H]1[C@H](C)O[C@H](c2c(N([O-])I=O)cnn2C)CC[C@H]1NC(=O)OC(C)(C)C. The van der Waals surface area contributed by atoms with Crippen LogP contribution in [0.2, 0.25) is 0 Å². The van der Waals surface area contributed by atoms with E-state index in [2.05, 4.69) is 10.4 Å². The number of rotatable bonds is 5. The van der Waals surface area contributed by atoms with Crippen molar-refractivity contribution in [1.82, 2.24) is 15.1 Å². The molecule has 11 heteroatoms. The molecule has 1 N–H and O–H groups in total. The van der Waals surface area contributed by atoms with Crippen LogP contribution in [0.25, 0.3) is 0 Å². The molecule has 1 aliphatic heterocycles. The second kappa shape index (κ2) is 9.46. The Balaban J connectivity index is 2.22. The Bertz CT molecular complexity index is 692. The van der Waals surface area contributed by atoms with Crippen molar-refractivity contribution < 1.29 is 22.1 Å². The Kier molecular flexibility index (Phi) is 7.76. The maximum Gasteiger partial charge on any atom is 0.407 e. The van der Waals surface area contributed by atoms with Gasteiger partial charge in [0, 0.05) is 14.2 Å². The third-order valence-corrected chi connectivity index (χ3v) is 5.35. The predicted octanol–water partition coefficient (Wildman–Crippen LogP) is 3.10. The van der Waals surface area contributed by atoms with Crippen LogP contribution in [0.5, 0.6) is 0 Å². The van der Waals surface area contributed by atoms with E-state index in [1.54, 1.807) is 39.6 Å². The molecular formula is C17H28IN4O6-. The van der Waals surface area contributed by atoms with Crippen LogP contribution >= 0.6 is 21.5 Å². The van der Waals surface area contributed by atoms with Gasteiger partial charge in [0.1, 0.15) is 17.8 Å². The van der Waals surface area contributed by atoms with E-state index in [0.717, 1.165) is 0 Å². The van der Waals surface area contributed by atoms with Crippen LogP contribution in [0, 0.1) is 5.21 Å². The van der Waals surface area contributed by atoms with Gasteiger partial charge in [-0.25, -0.2) is 7.86 Å². The molecule has 0 aromatic carbocycles. The fraction of sp³-hybridized carbons (Fsp3) is 0.765. The zero-order chi connectivity index (χ0) is 21.1. The Morgan fingerprint density at radius 1 is 1.46 bits per heavy atom. The summed E-state index contributed by atoms with van der Waals surface area (Å²) in [5, 5.41) is 19.0. The number of nitrogens with one attached hydrogen (secondary N) is 1. The molecule has 10 nitrogen and oxygen atoms in total. The Hall–Kier alpha value is -1.31. The zero-order valence-electron chi connectivity index (χ0n) is 17.0. The minimum atomic E-state index is -1.90. The predicted molar refractivity (Wildman–Crippen MR) is 110 cm³/mol. The average molecular weight is 511 g/mol. The lowest BCUT2D eigenvalue weighted by atomic mass is 10.0. The number of anilines is 1. The highest BCUT2D eigenvalue weighted by Gasteiger charge is 2.37. The minimum Gasteiger partial charge on any atom is -0.747 e. The lowest BCUT2D eigenvalue weighted by molar-refractivity contribution is -0.0790. The molecule has 2 rings (SSSR count). The van der Waals surface area contributed by atoms with Crippen molar-refractivity contribution in [3.05, 3.63) is 17.1 Å². The summed E-state index contributed by atoms with van der Waals surface area (Å²) < 4.78 is 30.3. The summed E-state index contributed by atoms with van der Waals surface area (Å²) in [6.45, 7) is 7.24. The number of ether oxygens (including phenoxy) is 3. The molecule has 0 saturated carbocycles. The van der Waals surface area contributed by atoms with Gasteiger partial charge >= 0.3 is 6.09 Å². The van der Waals surface area contributed by atoms with Gasteiger partial charge in [-0.3, -0.25) is 4.68 Å². The van der Waals surface area contributed by atoms with E-state index in [1.165, 1.54) is 6.20 Å². The highest BCUT2D eigenvalue weighted by Crippen LogP contribution is 2.37. The standard InChI is InChI=1S/C17H28IN4O6/c1-10-15(26-6)11(20-16(23)28-17(2,3)4)7-8-13(27-10)14-12(22(25)18-24)9-19-21(14)5/h9-11,13,15H,7-8H2,1-6H3,(H,20,23)/q-1/t10-,11+,13-,15+/m0/s1. The van der Waals surface area contributed by atoms with Gasteiger partial charge in [0.25, 0.3) is 21.5 Å².